The zero-order valence-electron chi connectivity index (χ0n) is 13.3. The molecule has 0 aliphatic heterocycles. The van der Waals surface area contributed by atoms with Crippen LogP contribution < -0.4 is 5.32 Å². The molecule has 0 spiro atoms. The number of hydrogen-bond acceptors (Lipinski definition) is 1. The molecule has 5 unspecified atom stereocenters. The van der Waals surface area contributed by atoms with Crippen LogP contribution in [0.2, 0.25) is 0 Å². The van der Waals surface area contributed by atoms with E-state index in [1.54, 1.807) is 19.3 Å². The molecule has 4 aliphatic rings. The van der Waals surface area contributed by atoms with Gasteiger partial charge in [0.05, 0.1) is 0 Å². The standard InChI is InChI=1S/C19H33N/c1-13-5-7-14(8-6-13)9-10-20-19-12-15-11-18(19)17-4-2-3-16(15)17/h13-20H,2-12H2,1H3. The van der Waals surface area contributed by atoms with E-state index in [4.69, 9.17) is 0 Å². The van der Waals surface area contributed by atoms with Crippen LogP contribution in [0.25, 0.3) is 0 Å². The Bertz CT molecular complexity index is 331. The van der Waals surface area contributed by atoms with Crippen molar-refractivity contribution >= 4 is 0 Å². The first kappa shape index (κ1) is 13.6. The quantitative estimate of drug-likeness (QED) is 0.789. The first-order valence-electron chi connectivity index (χ1n) is 9.54. The van der Waals surface area contributed by atoms with Gasteiger partial charge >= 0.3 is 0 Å². The Kier molecular flexibility index (Phi) is 3.83. The molecule has 4 fully saturated rings. The summed E-state index contributed by atoms with van der Waals surface area (Å²) in [4.78, 5) is 0. The van der Waals surface area contributed by atoms with Crippen molar-refractivity contribution in [2.75, 3.05) is 6.54 Å². The van der Waals surface area contributed by atoms with E-state index >= 15 is 0 Å². The molecule has 1 nitrogen and oxygen atoms in total. The molecular formula is C19H33N. The molecule has 4 saturated carbocycles. The SMILES string of the molecule is CC1CCC(CCNC2CC3CC2C2CCCC32)CC1. The molecule has 0 heterocycles. The molecule has 20 heavy (non-hydrogen) atoms. The molecule has 114 valence electrons. The van der Waals surface area contributed by atoms with E-state index in [0.29, 0.717) is 0 Å². The Morgan fingerprint density at radius 3 is 2.50 bits per heavy atom. The Morgan fingerprint density at radius 2 is 1.65 bits per heavy atom. The van der Waals surface area contributed by atoms with Crippen LogP contribution in [0.15, 0.2) is 0 Å². The molecule has 0 aromatic rings. The molecule has 5 atom stereocenters. The largest absolute Gasteiger partial charge is 0.314 e. The van der Waals surface area contributed by atoms with Crippen molar-refractivity contribution in [1.29, 1.82) is 0 Å². The number of fused-ring (bicyclic) bond motifs is 5. The molecule has 4 rings (SSSR count). The van der Waals surface area contributed by atoms with Crippen LogP contribution in [-0.2, 0) is 0 Å². The number of hydrogen-bond donors (Lipinski definition) is 1. The van der Waals surface area contributed by atoms with Gasteiger partial charge in [-0.1, -0.05) is 39.0 Å². The highest BCUT2D eigenvalue weighted by atomic mass is 14.9. The summed E-state index contributed by atoms with van der Waals surface area (Å²) < 4.78 is 0. The average molecular weight is 275 g/mol. The van der Waals surface area contributed by atoms with Crippen molar-refractivity contribution in [2.45, 2.75) is 77.2 Å². The van der Waals surface area contributed by atoms with E-state index in [1.807, 2.05) is 0 Å². The van der Waals surface area contributed by atoms with E-state index in [0.717, 1.165) is 41.5 Å². The van der Waals surface area contributed by atoms with Gasteiger partial charge in [0.1, 0.15) is 0 Å². The van der Waals surface area contributed by atoms with Gasteiger partial charge in [0, 0.05) is 6.04 Å². The van der Waals surface area contributed by atoms with Crippen molar-refractivity contribution in [3.8, 4) is 0 Å². The van der Waals surface area contributed by atoms with E-state index in [1.165, 1.54) is 51.5 Å². The Balaban J connectivity index is 1.21. The summed E-state index contributed by atoms with van der Waals surface area (Å²) in [6.07, 6.45) is 15.2. The third-order valence-electron chi connectivity index (χ3n) is 7.52. The Hall–Kier alpha value is -0.0400. The van der Waals surface area contributed by atoms with Crippen LogP contribution in [0.1, 0.15) is 71.1 Å². The molecule has 4 aliphatic carbocycles. The molecule has 1 heteroatoms. The molecule has 2 bridgehead atoms. The third kappa shape index (κ3) is 2.45. The molecule has 1 N–H and O–H groups in total. The highest BCUT2D eigenvalue weighted by molar-refractivity contribution is 5.05. The van der Waals surface area contributed by atoms with Gasteiger partial charge in [-0.3, -0.25) is 0 Å². The molecule has 0 amide bonds. The molecule has 0 saturated heterocycles. The second-order valence-corrected chi connectivity index (χ2v) is 8.63. The number of rotatable bonds is 4. The maximum Gasteiger partial charge on any atom is 0.0101 e. The van der Waals surface area contributed by atoms with Crippen LogP contribution in [0.3, 0.4) is 0 Å². The first-order valence-corrected chi connectivity index (χ1v) is 9.54. The topological polar surface area (TPSA) is 12.0 Å². The highest BCUT2D eigenvalue weighted by Gasteiger charge is 2.53. The first-order chi connectivity index (χ1) is 9.81. The lowest BCUT2D eigenvalue weighted by Crippen LogP contribution is -2.40. The summed E-state index contributed by atoms with van der Waals surface area (Å²) in [5.74, 6) is 6.50. The zero-order valence-corrected chi connectivity index (χ0v) is 13.3. The van der Waals surface area contributed by atoms with Crippen LogP contribution in [0, 0.1) is 35.5 Å². The number of nitrogens with one attached hydrogen (secondary N) is 1. The maximum atomic E-state index is 3.98. The fraction of sp³-hybridized carbons (Fsp3) is 1.00. The summed E-state index contributed by atoms with van der Waals surface area (Å²) in [6.45, 7) is 3.74. The van der Waals surface area contributed by atoms with Crippen molar-refractivity contribution in [3.05, 3.63) is 0 Å². The molecule has 0 aromatic heterocycles. The van der Waals surface area contributed by atoms with Crippen LogP contribution in [-0.4, -0.2) is 12.6 Å². The summed E-state index contributed by atoms with van der Waals surface area (Å²) >= 11 is 0. The second-order valence-electron chi connectivity index (χ2n) is 8.63. The highest BCUT2D eigenvalue weighted by Crippen LogP contribution is 2.58. The van der Waals surface area contributed by atoms with Gasteiger partial charge in [-0.05, 0) is 74.2 Å². The van der Waals surface area contributed by atoms with Gasteiger partial charge in [0.25, 0.3) is 0 Å². The van der Waals surface area contributed by atoms with Gasteiger partial charge < -0.3 is 5.32 Å². The van der Waals surface area contributed by atoms with Gasteiger partial charge in [-0.25, -0.2) is 0 Å². The summed E-state index contributed by atoms with van der Waals surface area (Å²) in [5, 5.41) is 3.98. The van der Waals surface area contributed by atoms with Crippen LogP contribution >= 0.6 is 0 Å². The Morgan fingerprint density at radius 1 is 0.850 bits per heavy atom. The van der Waals surface area contributed by atoms with E-state index in [2.05, 4.69) is 12.2 Å². The minimum absolute atomic E-state index is 0.905. The minimum Gasteiger partial charge on any atom is -0.314 e. The van der Waals surface area contributed by atoms with Crippen molar-refractivity contribution in [1.82, 2.24) is 5.32 Å². The smallest absolute Gasteiger partial charge is 0.0101 e. The van der Waals surface area contributed by atoms with Crippen LogP contribution in [0.5, 0.6) is 0 Å². The van der Waals surface area contributed by atoms with Crippen molar-refractivity contribution < 1.29 is 0 Å². The normalized spacial score (nSPS) is 50.5. The average Bonchev–Trinajstić information content (AvgIpc) is 3.12. The van der Waals surface area contributed by atoms with Crippen molar-refractivity contribution in [3.63, 3.8) is 0 Å². The molecular weight excluding hydrogens is 242 g/mol. The lowest BCUT2D eigenvalue weighted by molar-refractivity contribution is 0.202. The van der Waals surface area contributed by atoms with Gasteiger partial charge in [-0.2, -0.15) is 0 Å². The van der Waals surface area contributed by atoms with E-state index in [-0.39, 0.29) is 0 Å². The second kappa shape index (κ2) is 5.63. The fourth-order valence-corrected chi connectivity index (χ4v) is 6.39. The predicted molar refractivity (Wildman–Crippen MR) is 84.6 cm³/mol. The van der Waals surface area contributed by atoms with Gasteiger partial charge in [0.2, 0.25) is 0 Å². The lowest BCUT2D eigenvalue weighted by Gasteiger charge is -2.33. The van der Waals surface area contributed by atoms with Gasteiger partial charge in [0.15, 0.2) is 0 Å². The van der Waals surface area contributed by atoms with Gasteiger partial charge in [-0.15, -0.1) is 0 Å². The fourth-order valence-electron chi connectivity index (χ4n) is 6.39. The van der Waals surface area contributed by atoms with E-state index in [9.17, 15) is 0 Å². The van der Waals surface area contributed by atoms with Crippen LogP contribution in [0.4, 0.5) is 0 Å². The Labute approximate surface area is 125 Å². The molecule has 0 radical (unpaired) electrons. The summed E-state index contributed by atoms with van der Waals surface area (Å²) in [6, 6.07) is 0.905. The predicted octanol–water partition coefficient (Wildman–Crippen LogP) is 4.62. The zero-order chi connectivity index (χ0) is 13.5. The summed E-state index contributed by atoms with van der Waals surface area (Å²) in [7, 11) is 0. The molecule has 0 aromatic carbocycles. The minimum atomic E-state index is 0.905. The van der Waals surface area contributed by atoms with Crippen molar-refractivity contribution in [2.24, 2.45) is 35.5 Å². The maximum absolute atomic E-state index is 3.98. The van der Waals surface area contributed by atoms with E-state index < -0.39 is 0 Å². The lowest BCUT2D eigenvalue weighted by atomic mass is 9.78. The third-order valence-corrected chi connectivity index (χ3v) is 7.52. The monoisotopic (exact) mass is 275 g/mol. The summed E-state index contributed by atoms with van der Waals surface area (Å²) in [5.41, 5.74) is 0.